The van der Waals surface area contributed by atoms with Crippen LogP contribution in [-0.2, 0) is 10.1 Å². The van der Waals surface area contributed by atoms with Gasteiger partial charge in [-0.05, 0) is 61.4 Å². The Morgan fingerprint density at radius 2 is 1.74 bits per heavy atom. The first kappa shape index (κ1) is 21.7. The zero-order valence-electron chi connectivity index (χ0n) is 16.4. The van der Waals surface area contributed by atoms with E-state index >= 15 is 0 Å². The molecule has 0 amide bonds. The van der Waals surface area contributed by atoms with Gasteiger partial charge in [-0.15, -0.1) is 0 Å². The van der Waals surface area contributed by atoms with E-state index < -0.39 is 15.0 Å². The zero-order chi connectivity index (χ0) is 22.8. The lowest BCUT2D eigenvalue weighted by Crippen LogP contribution is -2.03. The molecule has 2 N–H and O–H groups in total. The second-order valence-electron chi connectivity index (χ2n) is 6.55. The molecule has 0 atom stereocenters. The topological polar surface area (TPSA) is 155 Å². The van der Waals surface area contributed by atoms with Gasteiger partial charge in [0.1, 0.15) is 5.75 Å². The maximum absolute atomic E-state index is 11.4. The van der Waals surface area contributed by atoms with E-state index in [1.165, 1.54) is 24.3 Å². The largest absolute Gasteiger partial charge is 0.438 e. The Hall–Kier alpha value is -4.01. The Labute approximate surface area is 177 Å². The number of pyridine rings is 1. The first-order chi connectivity index (χ1) is 14.6. The van der Waals surface area contributed by atoms with Crippen molar-refractivity contribution in [1.82, 2.24) is 4.98 Å². The summed E-state index contributed by atoms with van der Waals surface area (Å²) in [6.45, 7) is 3.19. The summed E-state index contributed by atoms with van der Waals surface area (Å²) in [7, 11) is -4.38. The number of benzene rings is 2. The third-order valence-electron chi connectivity index (χ3n) is 4.26. The second-order valence-corrected chi connectivity index (χ2v) is 7.97. The van der Waals surface area contributed by atoms with Crippen molar-refractivity contribution >= 4 is 27.3 Å². The summed E-state index contributed by atoms with van der Waals surface area (Å²) in [6, 6.07) is 13.3. The van der Waals surface area contributed by atoms with E-state index in [-0.39, 0.29) is 22.3 Å². The molecule has 1 aromatic heterocycles. The maximum Gasteiger partial charge on any atom is 0.311 e. The number of hydrogen-bond acceptors (Lipinski definition) is 8. The fourth-order valence-electron chi connectivity index (χ4n) is 2.82. The maximum atomic E-state index is 11.4. The van der Waals surface area contributed by atoms with Crippen LogP contribution in [0, 0.1) is 35.3 Å². The van der Waals surface area contributed by atoms with Gasteiger partial charge in [0, 0.05) is 17.8 Å². The van der Waals surface area contributed by atoms with Gasteiger partial charge in [0.15, 0.2) is 0 Å². The summed E-state index contributed by atoms with van der Waals surface area (Å²) in [4.78, 5) is 14.7. The Morgan fingerprint density at radius 3 is 2.26 bits per heavy atom. The highest BCUT2D eigenvalue weighted by Gasteiger charge is 2.19. The highest BCUT2D eigenvalue weighted by Crippen LogP contribution is 2.33. The molecule has 3 rings (SSSR count). The van der Waals surface area contributed by atoms with E-state index in [0.29, 0.717) is 28.1 Å². The molecule has 0 spiro atoms. The highest BCUT2D eigenvalue weighted by molar-refractivity contribution is 7.85. The Morgan fingerprint density at radius 1 is 1.13 bits per heavy atom. The van der Waals surface area contributed by atoms with Crippen LogP contribution in [0.3, 0.4) is 0 Å². The van der Waals surface area contributed by atoms with Gasteiger partial charge in [0.05, 0.1) is 21.5 Å². The Kier molecular flexibility index (Phi) is 5.87. The minimum absolute atomic E-state index is 0.0348. The number of nitro groups is 1. The molecule has 11 heteroatoms. The lowest BCUT2D eigenvalue weighted by Gasteiger charge is -2.13. The molecular formula is C20H16N4O6S. The minimum atomic E-state index is -4.38. The van der Waals surface area contributed by atoms with E-state index in [1.807, 2.05) is 6.07 Å². The van der Waals surface area contributed by atoms with Crippen LogP contribution in [0.15, 0.2) is 53.4 Å². The third kappa shape index (κ3) is 4.95. The van der Waals surface area contributed by atoms with Gasteiger partial charge in [-0.1, -0.05) is 0 Å². The van der Waals surface area contributed by atoms with Crippen molar-refractivity contribution in [1.29, 1.82) is 5.26 Å². The molecule has 0 aliphatic carbocycles. The molecule has 158 valence electrons. The highest BCUT2D eigenvalue weighted by atomic mass is 32.2. The number of nitrogens with zero attached hydrogens (tertiary/aromatic N) is 3. The molecule has 0 unspecified atom stereocenters. The molecule has 0 saturated heterocycles. The number of anilines is 2. The SMILES string of the molecule is Cc1cc(S(=O)(=O)O)cc(C)c1Oc1ccc([N+](=O)[O-])c(Nc2ccc(C#N)cc2)n1. The number of aryl methyl sites for hydroxylation is 2. The predicted molar refractivity (Wildman–Crippen MR) is 111 cm³/mol. The summed E-state index contributed by atoms with van der Waals surface area (Å²) in [6.07, 6.45) is 0. The number of rotatable bonds is 6. The van der Waals surface area contributed by atoms with Crippen molar-refractivity contribution in [3.63, 3.8) is 0 Å². The van der Waals surface area contributed by atoms with Crippen LogP contribution in [0.1, 0.15) is 16.7 Å². The number of aromatic nitrogens is 1. The standard InChI is InChI=1S/C20H16N4O6S/c1-12-9-16(31(27,28)29)10-13(2)19(12)30-18-8-7-17(24(25)26)20(23-18)22-15-5-3-14(11-21)4-6-15/h3-10H,1-2H3,(H,22,23)(H,27,28,29). The van der Waals surface area contributed by atoms with Gasteiger partial charge in [0.25, 0.3) is 10.1 Å². The van der Waals surface area contributed by atoms with Crippen molar-refractivity contribution in [2.75, 3.05) is 5.32 Å². The number of nitrogens with one attached hydrogen (secondary N) is 1. The molecule has 0 saturated carbocycles. The number of ether oxygens (including phenoxy) is 1. The molecular weight excluding hydrogens is 424 g/mol. The number of nitriles is 1. The quantitative estimate of drug-likeness (QED) is 0.325. The third-order valence-corrected chi connectivity index (χ3v) is 5.09. The van der Waals surface area contributed by atoms with Crippen LogP contribution in [0.4, 0.5) is 17.2 Å². The molecule has 0 aliphatic rings. The molecule has 0 radical (unpaired) electrons. The van der Waals surface area contributed by atoms with Crippen LogP contribution in [0.5, 0.6) is 11.6 Å². The lowest BCUT2D eigenvalue weighted by molar-refractivity contribution is -0.384. The lowest BCUT2D eigenvalue weighted by atomic mass is 10.1. The average Bonchev–Trinajstić information content (AvgIpc) is 2.70. The molecule has 3 aromatic rings. The van der Waals surface area contributed by atoms with Crippen LogP contribution in [0.2, 0.25) is 0 Å². The normalized spacial score (nSPS) is 10.9. The van der Waals surface area contributed by atoms with Crippen LogP contribution in [0.25, 0.3) is 0 Å². The van der Waals surface area contributed by atoms with Crippen LogP contribution in [-0.4, -0.2) is 22.9 Å². The van der Waals surface area contributed by atoms with Gasteiger partial charge < -0.3 is 10.1 Å². The molecule has 2 aromatic carbocycles. The Balaban J connectivity index is 1.97. The van der Waals surface area contributed by atoms with Crippen molar-refractivity contribution in [3.8, 4) is 17.7 Å². The van der Waals surface area contributed by atoms with Crippen LogP contribution < -0.4 is 10.1 Å². The summed E-state index contributed by atoms with van der Waals surface area (Å²) in [5.74, 6) is 0.266. The average molecular weight is 440 g/mol. The first-order valence-corrected chi connectivity index (χ1v) is 10.2. The summed E-state index contributed by atoms with van der Waals surface area (Å²) in [5, 5.41) is 23.1. The fourth-order valence-corrected chi connectivity index (χ4v) is 3.47. The number of hydrogen-bond donors (Lipinski definition) is 2. The summed E-state index contributed by atoms with van der Waals surface area (Å²) >= 11 is 0. The predicted octanol–water partition coefficient (Wildman–Crippen LogP) is 4.26. The molecule has 1 heterocycles. The van der Waals surface area contributed by atoms with Crippen molar-refractivity contribution in [2.45, 2.75) is 18.7 Å². The van der Waals surface area contributed by atoms with E-state index in [1.54, 1.807) is 38.1 Å². The van der Waals surface area contributed by atoms with Gasteiger partial charge >= 0.3 is 5.69 Å². The van der Waals surface area contributed by atoms with Gasteiger partial charge in [-0.3, -0.25) is 14.7 Å². The monoisotopic (exact) mass is 440 g/mol. The zero-order valence-corrected chi connectivity index (χ0v) is 17.2. The molecule has 31 heavy (non-hydrogen) atoms. The minimum Gasteiger partial charge on any atom is -0.438 e. The van der Waals surface area contributed by atoms with E-state index in [2.05, 4.69) is 10.3 Å². The molecule has 0 fully saturated rings. The van der Waals surface area contributed by atoms with Crippen molar-refractivity contribution in [2.24, 2.45) is 0 Å². The van der Waals surface area contributed by atoms with Gasteiger partial charge in [-0.25, -0.2) is 0 Å². The van der Waals surface area contributed by atoms with E-state index in [9.17, 15) is 23.1 Å². The smallest absolute Gasteiger partial charge is 0.311 e. The van der Waals surface area contributed by atoms with Crippen molar-refractivity contribution in [3.05, 3.63) is 75.3 Å². The van der Waals surface area contributed by atoms with E-state index in [0.717, 1.165) is 0 Å². The molecule has 0 bridgehead atoms. The molecule has 0 aliphatic heterocycles. The van der Waals surface area contributed by atoms with Gasteiger partial charge in [-0.2, -0.15) is 18.7 Å². The first-order valence-electron chi connectivity index (χ1n) is 8.77. The second kappa shape index (κ2) is 8.39. The Bertz CT molecular complexity index is 1290. The van der Waals surface area contributed by atoms with Crippen molar-refractivity contribution < 1.29 is 22.6 Å². The summed E-state index contributed by atoms with van der Waals surface area (Å²) in [5.41, 5.74) is 1.48. The van der Waals surface area contributed by atoms with Crippen LogP contribution >= 0.6 is 0 Å². The molecule has 10 nitrogen and oxygen atoms in total. The van der Waals surface area contributed by atoms with E-state index in [4.69, 9.17) is 10.00 Å². The summed E-state index contributed by atoms with van der Waals surface area (Å²) < 4.78 is 37.8. The fraction of sp³-hybridized carbons (Fsp3) is 0.100. The van der Waals surface area contributed by atoms with Gasteiger partial charge in [0.2, 0.25) is 11.7 Å².